The summed E-state index contributed by atoms with van der Waals surface area (Å²) in [6.07, 6.45) is 8.41. The number of allylic oxidation sites excluding steroid dienone is 2. The Labute approximate surface area is 115 Å². The summed E-state index contributed by atoms with van der Waals surface area (Å²) in [6.45, 7) is 7.36. The molecule has 0 heterocycles. The zero-order chi connectivity index (χ0) is 8.32. The Hall–Kier alpha value is 0.951. The van der Waals surface area contributed by atoms with Gasteiger partial charge in [0.15, 0.2) is 8.32 Å². The molecule has 1 aliphatic carbocycles. The first-order chi connectivity index (χ1) is 5.08. The molecule has 14 heavy (non-hydrogen) atoms. The first-order valence-electron chi connectivity index (χ1n) is 3.98. The van der Waals surface area contributed by atoms with E-state index >= 15 is 0 Å². The Balaban J connectivity index is -0.000000403. The van der Waals surface area contributed by atoms with Crippen LogP contribution in [0.5, 0.6) is 0 Å². The van der Waals surface area contributed by atoms with Gasteiger partial charge in [-0.2, -0.15) is 11.6 Å². The van der Waals surface area contributed by atoms with Crippen LogP contribution in [-0.4, -0.2) is 14.9 Å². The van der Waals surface area contributed by atoms with Crippen molar-refractivity contribution in [1.82, 2.24) is 0 Å². The number of rotatable bonds is 3. The van der Waals surface area contributed by atoms with Gasteiger partial charge in [0.1, 0.15) is 0 Å². The monoisotopic (exact) mass is 287 g/mol. The largest absolute Gasteiger partial charge is 0.416 e. The Morgan fingerprint density at radius 3 is 2.29 bits per heavy atom. The van der Waals surface area contributed by atoms with E-state index in [2.05, 4.69) is 37.9 Å². The second kappa shape index (κ2) is 9.20. The average molecular weight is 288 g/mol. The second-order valence-corrected chi connectivity index (χ2v) is 8.22. The van der Waals surface area contributed by atoms with Crippen molar-refractivity contribution in [3.8, 4) is 0 Å². The molecule has 0 saturated carbocycles. The van der Waals surface area contributed by atoms with E-state index in [1.54, 1.807) is 0 Å². The van der Waals surface area contributed by atoms with Gasteiger partial charge >= 0.3 is 0 Å². The van der Waals surface area contributed by atoms with E-state index in [0.717, 1.165) is 13.0 Å². The molecule has 0 unspecified atom stereocenters. The van der Waals surface area contributed by atoms with E-state index in [4.69, 9.17) is 4.43 Å². The fourth-order valence-electron chi connectivity index (χ4n) is 0.844. The maximum Gasteiger partial charge on any atom is 0.184 e. The third-order valence-corrected chi connectivity index (χ3v) is 2.44. The van der Waals surface area contributed by atoms with Crippen molar-refractivity contribution in [2.45, 2.75) is 26.1 Å². The van der Waals surface area contributed by atoms with Gasteiger partial charge in [0.25, 0.3) is 0 Å². The fourth-order valence-corrected chi connectivity index (χ4v) is 1.43. The van der Waals surface area contributed by atoms with E-state index in [9.17, 15) is 0 Å². The Kier molecular flexibility index (Phi) is 13.4. The van der Waals surface area contributed by atoms with Gasteiger partial charge in [-0.05, 0) is 19.6 Å². The van der Waals surface area contributed by atoms with Crippen LogP contribution >= 0.6 is 24.8 Å². The normalized spacial score (nSPS) is 13.5. The van der Waals surface area contributed by atoms with Crippen molar-refractivity contribution in [2.24, 2.45) is 0 Å². The van der Waals surface area contributed by atoms with Crippen molar-refractivity contribution in [3.63, 3.8) is 0 Å². The molecule has 0 radical (unpaired) electrons. The van der Waals surface area contributed by atoms with Crippen LogP contribution in [0.3, 0.4) is 0 Å². The Morgan fingerprint density at radius 2 is 1.93 bits per heavy atom. The molecule has 1 nitrogen and oxygen atoms in total. The van der Waals surface area contributed by atoms with Crippen LogP contribution in [-0.2, 0) is 26.1 Å². The van der Waals surface area contributed by atoms with Gasteiger partial charge in [-0.25, -0.2) is 6.08 Å². The molecule has 0 spiro atoms. The quantitative estimate of drug-likeness (QED) is 0.571. The summed E-state index contributed by atoms with van der Waals surface area (Å²) in [5.74, 6) is 0. The number of hydrogen-bond donors (Lipinski definition) is 0. The standard InChI is InChI=1S/C9H15OSi.2ClH.Ti/c1-11(2,3)10-8-9-6-4-5-7-9;;;/h4,6H,5,8H2,1-3H3;2*1H;/q-1;;;. The van der Waals surface area contributed by atoms with Crippen LogP contribution in [0.2, 0.25) is 19.6 Å². The van der Waals surface area contributed by atoms with Gasteiger partial charge < -0.3 is 4.43 Å². The first-order valence-corrected chi connectivity index (χ1v) is 7.39. The second-order valence-electron chi connectivity index (χ2n) is 3.71. The summed E-state index contributed by atoms with van der Waals surface area (Å²) < 4.78 is 5.70. The van der Waals surface area contributed by atoms with Crippen LogP contribution in [0.4, 0.5) is 0 Å². The SMILES string of the molecule is C[Si](C)(C)OCC1=[C-]CC=C1.Cl.Cl.[Ti]. The molecule has 0 aromatic rings. The van der Waals surface area contributed by atoms with Gasteiger partial charge in [0, 0.05) is 28.3 Å². The minimum absolute atomic E-state index is 0. The van der Waals surface area contributed by atoms with Crippen molar-refractivity contribution in [3.05, 3.63) is 23.8 Å². The van der Waals surface area contributed by atoms with E-state index in [-0.39, 0.29) is 46.5 Å². The predicted octanol–water partition coefficient (Wildman–Crippen LogP) is 3.37. The average Bonchev–Trinajstić information content (AvgIpc) is 2.32. The smallest absolute Gasteiger partial charge is 0.184 e. The summed E-state index contributed by atoms with van der Waals surface area (Å²) in [7, 11) is -1.32. The van der Waals surface area contributed by atoms with Crippen LogP contribution in [0.25, 0.3) is 0 Å². The topological polar surface area (TPSA) is 9.23 Å². The van der Waals surface area contributed by atoms with Gasteiger partial charge in [0.05, 0.1) is 0 Å². The molecule has 0 saturated heterocycles. The molecular formula is C9H17Cl2OSiTi-. The molecule has 0 atom stereocenters. The molecule has 0 amide bonds. The number of hydrogen-bond acceptors (Lipinski definition) is 1. The summed E-state index contributed by atoms with van der Waals surface area (Å²) in [4.78, 5) is 0. The van der Waals surface area contributed by atoms with Gasteiger partial charge in [-0.3, -0.25) is 6.08 Å². The van der Waals surface area contributed by atoms with Crippen molar-refractivity contribution in [2.75, 3.05) is 6.61 Å². The van der Waals surface area contributed by atoms with E-state index in [0.29, 0.717) is 0 Å². The van der Waals surface area contributed by atoms with Gasteiger partial charge in [-0.15, -0.1) is 31.2 Å². The van der Waals surface area contributed by atoms with Crippen molar-refractivity contribution < 1.29 is 26.1 Å². The third-order valence-electron chi connectivity index (χ3n) is 1.43. The minimum atomic E-state index is -1.32. The molecule has 0 aromatic carbocycles. The van der Waals surface area contributed by atoms with Crippen molar-refractivity contribution in [1.29, 1.82) is 0 Å². The fraction of sp³-hybridized carbons (Fsp3) is 0.556. The number of halogens is 2. The van der Waals surface area contributed by atoms with Crippen molar-refractivity contribution >= 4 is 33.1 Å². The van der Waals surface area contributed by atoms with Crippen LogP contribution < -0.4 is 0 Å². The predicted molar refractivity (Wildman–Crippen MR) is 64.3 cm³/mol. The van der Waals surface area contributed by atoms with Crippen LogP contribution in [0, 0.1) is 6.08 Å². The first kappa shape index (κ1) is 20.4. The maximum atomic E-state index is 5.70. The zero-order valence-corrected chi connectivity index (χ0v) is 13.0. The summed E-state index contributed by atoms with van der Waals surface area (Å²) in [6, 6.07) is 0. The molecule has 5 heteroatoms. The van der Waals surface area contributed by atoms with Gasteiger partial charge in [0.2, 0.25) is 0 Å². The molecule has 0 bridgehead atoms. The summed E-state index contributed by atoms with van der Waals surface area (Å²) in [5, 5.41) is 0. The molecule has 1 rings (SSSR count). The Morgan fingerprint density at radius 1 is 1.36 bits per heavy atom. The summed E-state index contributed by atoms with van der Waals surface area (Å²) >= 11 is 0. The zero-order valence-electron chi connectivity index (χ0n) is 8.79. The molecule has 0 aromatic heterocycles. The Bertz CT molecular complexity index is 199. The molecular weight excluding hydrogens is 271 g/mol. The minimum Gasteiger partial charge on any atom is -0.416 e. The van der Waals surface area contributed by atoms with E-state index < -0.39 is 8.32 Å². The van der Waals surface area contributed by atoms with Crippen LogP contribution in [0.15, 0.2) is 17.7 Å². The molecule has 0 aliphatic heterocycles. The maximum absolute atomic E-state index is 5.70. The molecule has 82 valence electrons. The summed E-state index contributed by atoms with van der Waals surface area (Å²) in [5.41, 5.74) is 1.22. The van der Waals surface area contributed by atoms with Gasteiger partial charge in [-0.1, -0.05) is 0 Å². The van der Waals surface area contributed by atoms with E-state index in [1.807, 2.05) is 0 Å². The van der Waals surface area contributed by atoms with E-state index in [1.165, 1.54) is 5.57 Å². The third kappa shape index (κ3) is 9.50. The molecule has 1 aliphatic rings. The van der Waals surface area contributed by atoms with Crippen LogP contribution in [0.1, 0.15) is 6.42 Å². The molecule has 0 N–H and O–H groups in total. The molecule has 0 fully saturated rings.